The molecule has 1 aromatic carbocycles. The van der Waals surface area contributed by atoms with Crippen LogP contribution in [0.5, 0.6) is 0 Å². The van der Waals surface area contributed by atoms with Gasteiger partial charge in [-0.15, -0.1) is 0 Å². The Balaban J connectivity index is 2.04. The molecule has 25 heavy (non-hydrogen) atoms. The number of likely N-dealkylation sites (N-methyl/N-ethyl adjacent to an activating group) is 2. The minimum atomic E-state index is -3.04. The number of carbonyl (C=O) groups is 1. The van der Waals surface area contributed by atoms with Gasteiger partial charge in [0.15, 0.2) is 9.84 Å². The molecule has 1 atom stereocenters. The zero-order valence-corrected chi connectivity index (χ0v) is 16.9. The van der Waals surface area contributed by atoms with Crippen molar-refractivity contribution in [3.05, 3.63) is 34.1 Å². The van der Waals surface area contributed by atoms with E-state index in [4.69, 9.17) is 0 Å². The summed E-state index contributed by atoms with van der Waals surface area (Å²) in [4.78, 5) is 16.2. The van der Waals surface area contributed by atoms with Gasteiger partial charge in [0.1, 0.15) is 5.82 Å². The van der Waals surface area contributed by atoms with Crippen molar-refractivity contribution in [2.75, 3.05) is 31.1 Å². The monoisotopic (exact) mass is 434 g/mol. The largest absolute Gasteiger partial charge is 0.338 e. The normalized spacial score (nSPS) is 19.3. The van der Waals surface area contributed by atoms with Gasteiger partial charge >= 0.3 is 0 Å². The summed E-state index contributed by atoms with van der Waals surface area (Å²) in [6.45, 7) is 5.31. The third-order valence-electron chi connectivity index (χ3n) is 4.52. The van der Waals surface area contributed by atoms with E-state index >= 15 is 0 Å². The van der Waals surface area contributed by atoms with Crippen molar-refractivity contribution < 1.29 is 17.6 Å². The van der Waals surface area contributed by atoms with E-state index in [1.54, 1.807) is 17.0 Å². The predicted molar refractivity (Wildman–Crippen MR) is 99.5 cm³/mol. The molecule has 1 amide bonds. The number of benzene rings is 1. The molecule has 1 heterocycles. The molecular weight excluding hydrogens is 411 g/mol. The van der Waals surface area contributed by atoms with Gasteiger partial charge in [0.2, 0.25) is 5.91 Å². The van der Waals surface area contributed by atoms with Crippen LogP contribution in [-0.4, -0.2) is 61.3 Å². The maximum absolute atomic E-state index is 14.0. The number of carbonyl (C=O) groups excluding carboxylic acids is 1. The Labute approximate surface area is 157 Å². The summed E-state index contributed by atoms with van der Waals surface area (Å²) in [5.41, 5.74) is 0.524. The first-order chi connectivity index (χ1) is 11.8. The van der Waals surface area contributed by atoms with E-state index in [2.05, 4.69) is 15.9 Å². The lowest BCUT2D eigenvalue weighted by molar-refractivity contribution is -0.134. The first kappa shape index (κ1) is 20.3. The second-order valence-electron chi connectivity index (χ2n) is 6.28. The maximum Gasteiger partial charge on any atom is 0.237 e. The van der Waals surface area contributed by atoms with Crippen molar-refractivity contribution >= 4 is 31.7 Å². The van der Waals surface area contributed by atoms with Gasteiger partial charge in [-0.25, -0.2) is 12.8 Å². The molecule has 8 heteroatoms. The zero-order chi connectivity index (χ0) is 18.6. The van der Waals surface area contributed by atoms with Gasteiger partial charge in [-0.1, -0.05) is 22.9 Å². The highest BCUT2D eigenvalue weighted by atomic mass is 79.9. The third-order valence-corrected chi connectivity index (χ3v) is 6.76. The fourth-order valence-electron chi connectivity index (χ4n) is 3.13. The Kier molecular flexibility index (Phi) is 6.99. The lowest BCUT2D eigenvalue weighted by atomic mass is 10.2. The molecule has 1 aliphatic rings. The molecule has 0 aliphatic carbocycles. The van der Waals surface area contributed by atoms with Crippen LogP contribution in [0, 0.1) is 5.82 Å². The van der Waals surface area contributed by atoms with Gasteiger partial charge in [0, 0.05) is 29.2 Å². The molecule has 0 saturated carbocycles. The second kappa shape index (κ2) is 8.60. The highest BCUT2D eigenvalue weighted by molar-refractivity contribution is 9.10. The van der Waals surface area contributed by atoms with Crippen molar-refractivity contribution in [2.24, 2.45) is 0 Å². The highest BCUT2D eigenvalue weighted by Crippen LogP contribution is 2.19. The average Bonchev–Trinajstić information content (AvgIpc) is 2.90. The summed E-state index contributed by atoms with van der Waals surface area (Å²) >= 11 is 3.33. The molecule has 0 bridgehead atoms. The van der Waals surface area contributed by atoms with Crippen LogP contribution >= 0.6 is 15.9 Å². The van der Waals surface area contributed by atoms with E-state index in [0.29, 0.717) is 31.6 Å². The number of rotatable bonds is 7. The summed E-state index contributed by atoms with van der Waals surface area (Å²) < 4.78 is 38.1. The smallest absolute Gasteiger partial charge is 0.237 e. The summed E-state index contributed by atoms with van der Waals surface area (Å²) in [6, 6.07) is 4.50. The third kappa shape index (κ3) is 5.49. The number of amides is 1. The van der Waals surface area contributed by atoms with Gasteiger partial charge in [0.25, 0.3) is 0 Å². The number of sulfone groups is 1. The SMILES string of the molecule is CCN(CC(=O)N(CC)C1CCS(=O)(=O)C1)Cc1cc(Br)ccc1F. The van der Waals surface area contributed by atoms with E-state index in [1.165, 1.54) is 6.07 Å². The van der Waals surface area contributed by atoms with Crippen LogP contribution in [0.4, 0.5) is 4.39 Å². The minimum absolute atomic E-state index is 0.0406. The Morgan fingerprint density at radius 1 is 1.32 bits per heavy atom. The highest BCUT2D eigenvalue weighted by Gasteiger charge is 2.34. The first-order valence-electron chi connectivity index (χ1n) is 8.42. The molecule has 0 radical (unpaired) electrons. The summed E-state index contributed by atoms with van der Waals surface area (Å²) in [6.07, 6.45) is 0.494. The molecular formula is C17H24BrFN2O3S. The van der Waals surface area contributed by atoms with Gasteiger partial charge in [-0.2, -0.15) is 0 Å². The second-order valence-corrected chi connectivity index (χ2v) is 9.42. The van der Waals surface area contributed by atoms with Crippen LogP contribution in [0.25, 0.3) is 0 Å². The number of hydrogen-bond donors (Lipinski definition) is 0. The van der Waals surface area contributed by atoms with E-state index in [9.17, 15) is 17.6 Å². The fraction of sp³-hybridized carbons (Fsp3) is 0.588. The van der Waals surface area contributed by atoms with Crippen molar-refractivity contribution in [1.29, 1.82) is 0 Å². The molecule has 1 saturated heterocycles. The Morgan fingerprint density at radius 2 is 2.04 bits per heavy atom. The molecule has 1 aliphatic heterocycles. The van der Waals surface area contributed by atoms with Crippen LogP contribution in [-0.2, 0) is 21.2 Å². The maximum atomic E-state index is 14.0. The molecule has 2 rings (SSSR count). The Morgan fingerprint density at radius 3 is 2.60 bits per heavy atom. The van der Waals surface area contributed by atoms with Gasteiger partial charge in [0.05, 0.1) is 18.1 Å². The topological polar surface area (TPSA) is 57.7 Å². The van der Waals surface area contributed by atoms with E-state index in [0.717, 1.165) is 4.47 Å². The van der Waals surface area contributed by atoms with Crippen LogP contribution in [0.15, 0.2) is 22.7 Å². The standard InChI is InChI=1S/C17H24BrFN2O3S/c1-3-20(10-13-9-14(18)5-6-16(13)19)11-17(22)21(4-2)15-7-8-25(23,24)12-15/h5-6,9,15H,3-4,7-8,10-12H2,1-2H3. The van der Waals surface area contributed by atoms with Gasteiger partial charge < -0.3 is 4.90 Å². The predicted octanol–water partition coefficient (Wildman–Crippen LogP) is 2.45. The number of nitrogens with zero attached hydrogens (tertiary/aromatic N) is 2. The molecule has 0 aromatic heterocycles. The number of halogens is 2. The van der Waals surface area contributed by atoms with Crippen LogP contribution < -0.4 is 0 Å². The van der Waals surface area contributed by atoms with Crippen LogP contribution in [0.2, 0.25) is 0 Å². The molecule has 0 spiro atoms. The summed E-state index contributed by atoms with van der Waals surface area (Å²) in [7, 11) is -3.04. The van der Waals surface area contributed by atoms with Gasteiger partial charge in [-0.3, -0.25) is 9.69 Å². The van der Waals surface area contributed by atoms with Crippen LogP contribution in [0.3, 0.4) is 0 Å². The zero-order valence-electron chi connectivity index (χ0n) is 14.5. The average molecular weight is 435 g/mol. The first-order valence-corrected chi connectivity index (χ1v) is 11.0. The van der Waals surface area contributed by atoms with E-state index in [1.807, 2.05) is 18.7 Å². The van der Waals surface area contributed by atoms with Crippen molar-refractivity contribution in [3.8, 4) is 0 Å². The lowest BCUT2D eigenvalue weighted by Crippen LogP contribution is -2.46. The van der Waals surface area contributed by atoms with E-state index < -0.39 is 9.84 Å². The summed E-state index contributed by atoms with van der Waals surface area (Å²) in [5, 5.41) is 0. The molecule has 1 unspecified atom stereocenters. The Bertz CT molecular complexity index is 727. The van der Waals surface area contributed by atoms with Crippen molar-refractivity contribution in [2.45, 2.75) is 32.9 Å². The van der Waals surface area contributed by atoms with Gasteiger partial charge in [-0.05, 0) is 38.1 Å². The number of hydrogen-bond acceptors (Lipinski definition) is 4. The van der Waals surface area contributed by atoms with Crippen molar-refractivity contribution in [3.63, 3.8) is 0 Å². The Hall–Kier alpha value is -0.990. The van der Waals surface area contributed by atoms with E-state index in [-0.39, 0.29) is 35.8 Å². The molecule has 1 fully saturated rings. The fourth-order valence-corrected chi connectivity index (χ4v) is 5.27. The van der Waals surface area contributed by atoms with Crippen LogP contribution in [0.1, 0.15) is 25.8 Å². The lowest BCUT2D eigenvalue weighted by Gasteiger charge is -2.30. The molecule has 0 N–H and O–H groups in total. The quantitative estimate of drug-likeness (QED) is 0.661. The molecule has 5 nitrogen and oxygen atoms in total. The molecule has 1 aromatic rings. The van der Waals surface area contributed by atoms with Crippen molar-refractivity contribution in [1.82, 2.24) is 9.80 Å². The summed E-state index contributed by atoms with van der Waals surface area (Å²) in [5.74, 6) is -0.230. The minimum Gasteiger partial charge on any atom is -0.338 e. The molecule has 140 valence electrons.